The lowest BCUT2D eigenvalue weighted by Gasteiger charge is -2.16. The van der Waals surface area contributed by atoms with Crippen molar-refractivity contribution in [1.82, 2.24) is 24.1 Å². The van der Waals surface area contributed by atoms with Gasteiger partial charge in [0.1, 0.15) is 0 Å². The van der Waals surface area contributed by atoms with E-state index in [1.807, 2.05) is 23.6 Å². The van der Waals surface area contributed by atoms with Crippen molar-refractivity contribution in [3.63, 3.8) is 0 Å². The van der Waals surface area contributed by atoms with Crippen LogP contribution in [0.4, 0.5) is 5.69 Å². The predicted octanol–water partition coefficient (Wildman–Crippen LogP) is 2.88. The van der Waals surface area contributed by atoms with E-state index in [1.54, 1.807) is 30.6 Å². The predicted molar refractivity (Wildman–Crippen MR) is 123 cm³/mol. The molecule has 1 amide bonds. The molecule has 11 heteroatoms. The van der Waals surface area contributed by atoms with Gasteiger partial charge in [-0.25, -0.2) is 8.42 Å². The fraction of sp³-hybridized carbons (Fsp3) is 0.333. The Labute approximate surface area is 191 Å². The lowest BCUT2D eigenvalue weighted by Crippen LogP contribution is -2.28. The van der Waals surface area contributed by atoms with E-state index in [0.717, 1.165) is 24.2 Å². The van der Waals surface area contributed by atoms with Gasteiger partial charge in [-0.05, 0) is 50.1 Å². The fourth-order valence-electron chi connectivity index (χ4n) is 3.53. The molecule has 1 N–H and O–H groups in total. The van der Waals surface area contributed by atoms with Gasteiger partial charge in [0.05, 0.1) is 10.6 Å². The number of hydrogen-bond acceptors (Lipinski definition) is 7. The zero-order valence-electron chi connectivity index (χ0n) is 17.6. The highest BCUT2D eigenvalue weighted by atomic mass is 32.2. The van der Waals surface area contributed by atoms with E-state index < -0.39 is 10.0 Å². The summed E-state index contributed by atoms with van der Waals surface area (Å²) < 4.78 is 28.9. The summed E-state index contributed by atoms with van der Waals surface area (Å²) >= 11 is 1.28. The Bertz CT molecular complexity index is 1190. The van der Waals surface area contributed by atoms with Crippen molar-refractivity contribution in [2.24, 2.45) is 0 Å². The monoisotopic (exact) mass is 472 g/mol. The Kier molecular flexibility index (Phi) is 6.87. The molecule has 2 aromatic heterocycles. The molecule has 0 unspecified atom stereocenters. The number of thioether (sulfide) groups is 1. The van der Waals surface area contributed by atoms with E-state index >= 15 is 0 Å². The first kappa shape index (κ1) is 22.4. The van der Waals surface area contributed by atoms with Gasteiger partial charge in [-0.2, -0.15) is 4.31 Å². The molecule has 32 heavy (non-hydrogen) atoms. The minimum atomic E-state index is -3.53. The van der Waals surface area contributed by atoms with Crippen molar-refractivity contribution in [1.29, 1.82) is 0 Å². The molecule has 0 radical (unpaired) electrons. The number of nitrogens with one attached hydrogen (secondary N) is 1. The number of nitrogens with zero attached hydrogens (tertiary/aromatic N) is 5. The molecule has 0 bridgehead atoms. The number of carbonyl (C=O) groups is 1. The van der Waals surface area contributed by atoms with Crippen LogP contribution in [0.3, 0.4) is 0 Å². The van der Waals surface area contributed by atoms with Crippen molar-refractivity contribution in [3.8, 4) is 11.4 Å². The summed E-state index contributed by atoms with van der Waals surface area (Å²) in [6, 6.07) is 10.1. The van der Waals surface area contributed by atoms with Crippen molar-refractivity contribution in [2.75, 3.05) is 24.2 Å². The summed E-state index contributed by atoms with van der Waals surface area (Å²) in [5.41, 5.74) is 1.35. The third-order valence-corrected chi connectivity index (χ3v) is 7.99. The highest BCUT2D eigenvalue weighted by molar-refractivity contribution is 7.99. The Balaban J connectivity index is 1.41. The number of hydrogen-bond donors (Lipinski definition) is 1. The molecular formula is C21H24N6O3S2. The van der Waals surface area contributed by atoms with Crippen LogP contribution in [0, 0.1) is 0 Å². The summed E-state index contributed by atoms with van der Waals surface area (Å²) in [7, 11) is -3.53. The van der Waals surface area contributed by atoms with Gasteiger partial charge in [0.15, 0.2) is 11.0 Å². The maximum absolute atomic E-state index is 12.8. The normalized spacial score (nSPS) is 14.5. The van der Waals surface area contributed by atoms with E-state index in [1.165, 1.54) is 22.1 Å². The average molecular weight is 473 g/mol. The number of anilines is 1. The molecule has 1 fully saturated rings. The summed E-state index contributed by atoms with van der Waals surface area (Å²) in [4.78, 5) is 16.7. The SMILES string of the molecule is CCn1c(SCC(=O)Nc2cccc(S(=O)(=O)N3CCCC3)c2)nnc1-c1ccncc1. The molecule has 1 aliphatic rings. The maximum atomic E-state index is 12.8. The molecule has 1 aliphatic heterocycles. The Hall–Kier alpha value is -2.76. The number of carbonyl (C=O) groups excluding carboxylic acids is 1. The Morgan fingerprint density at radius 3 is 2.59 bits per heavy atom. The van der Waals surface area contributed by atoms with Crippen LogP contribution < -0.4 is 5.32 Å². The standard InChI is InChI=1S/C21H24N6O3S2/c1-2-27-20(16-8-10-22-11-9-16)24-25-21(27)31-15-19(28)23-17-6-5-7-18(14-17)32(29,30)26-12-3-4-13-26/h5-11,14H,2-4,12-13,15H2,1H3,(H,23,28). The van der Waals surface area contributed by atoms with Crippen LogP contribution in [0.5, 0.6) is 0 Å². The average Bonchev–Trinajstić information content (AvgIpc) is 3.49. The zero-order chi connectivity index (χ0) is 22.6. The lowest BCUT2D eigenvalue weighted by molar-refractivity contribution is -0.113. The van der Waals surface area contributed by atoms with Crippen LogP contribution in [-0.4, -0.2) is 57.2 Å². The van der Waals surface area contributed by atoms with Crippen molar-refractivity contribution in [2.45, 2.75) is 36.4 Å². The van der Waals surface area contributed by atoms with Crippen molar-refractivity contribution >= 4 is 33.4 Å². The van der Waals surface area contributed by atoms with Gasteiger partial charge in [-0.3, -0.25) is 9.78 Å². The molecule has 1 aromatic carbocycles. The number of rotatable bonds is 8. The summed E-state index contributed by atoms with van der Waals surface area (Å²) in [5, 5.41) is 11.9. The molecule has 0 atom stereocenters. The number of benzene rings is 1. The molecule has 0 aliphatic carbocycles. The van der Waals surface area contributed by atoms with E-state index in [-0.39, 0.29) is 16.6 Å². The van der Waals surface area contributed by atoms with E-state index in [9.17, 15) is 13.2 Å². The fourth-order valence-corrected chi connectivity index (χ4v) is 5.90. The van der Waals surface area contributed by atoms with Crippen LogP contribution in [0.15, 0.2) is 58.8 Å². The molecule has 1 saturated heterocycles. The molecule has 168 valence electrons. The number of pyridine rings is 1. The maximum Gasteiger partial charge on any atom is 0.243 e. The smallest absolute Gasteiger partial charge is 0.243 e. The van der Waals surface area contributed by atoms with Gasteiger partial charge in [-0.15, -0.1) is 10.2 Å². The molecular weight excluding hydrogens is 448 g/mol. The first-order valence-electron chi connectivity index (χ1n) is 10.4. The zero-order valence-corrected chi connectivity index (χ0v) is 19.3. The molecule has 0 saturated carbocycles. The first-order valence-corrected chi connectivity index (χ1v) is 12.8. The Morgan fingerprint density at radius 1 is 1.12 bits per heavy atom. The summed E-state index contributed by atoms with van der Waals surface area (Å²) in [6.45, 7) is 3.72. The Morgan fingerprint density at radius 2 is 1.88 bits per heavy atom. The van der Waals surface area contributed by atoms with Gasteiger partial charge in [-0.1, -0.05) is 17.8 Å². The quantitative estimate of drug-likeness (QED) is 0.502. The van der Waals surface area contributed by atoms with Crippen LogP contribution >= 0.6 is 11.8 Å². The minimum Gasteiger partial charge on any atom is -0.325 e. The summed E-state index contributed by atoms with van der Waals surface area (Å²) in [5.74, 6) is 0.594. The van der Waals surface area contributed by atoms with Crippen LogP contribution in [0.2, 0.25) is 0 Å². The lowest BCUT2D eigenvalue weighted by atomic mass is 10.2. The second-order valence-electron chi connectivity index (χ2n) is 7.26. The molecule has 4 rings (SSSR count). The topological polar surface area (TPSA) is 110 Å². The molecule has 3 aromatic rings. The van der Waals surface area contributed by atoms with Gasteiger partial charge < -0.3 is 9.88 Å². The second-order valence-corrected chi connectivity index (χ2v) is 10.1. The van der Waals surface area contributed by atoms with E-state index in [2.05, 4.69) is 20.5 Å². The summed E-state index contributed by atoms with van der Waals surface area (Å²) in [6.07, 6.45) is 5.14. The van der Waals surface area contributed by atoms with Crippen LogP contribution in [-0.2, 0) is 21.4 Å². The largest absolute Gasteiger partial charge is 0.325 e. The first-order chi connectivity index (χ1) is 15.5. The van der Waals surface area contributed by atoms with Crippen molar-refractivity contribution < 1.29 is 13.2 Å². The van der Waals surface area contributed by atoms with Crippen molar-refractivity contribution in [3.05, 3.63) is 48.8 Å². The van der Waals surface area contributed by atoms with Crippen LogP contribution in [0.25, 0.3) is 11.4 Å². The van der Waals surface area contributed by atoms with Gasteiger partial charge in [0, 0.05) is 43.3 Å². The number of sulfonamides is 1. The molecule has 9 nitrogen and oxygen atoms in total. The molecule has 0 spiro atoms. The minimum absolute atomic E-state index is 0.123. The van der Waals surface area contributed by atoms with E-state index in [4.69, 9.17) is 0 Å². The molecule has 3 heterocycles. The van der Waals surface area contributed by atoms with Gasteiger partial charge in [0.2, 0.25) is 15.9 Å². The van der Waals surface area contributed by atoms with Gasteiger partial charge in [0.25, 0.3) is 0 Å². The third-order valence-electron chi connectivity index (χ3n) is 5.12. The third kappa shape index (κ3) is 4.84. The highest BCUT2D eigenvalue weighted by Crippen LogP contribution is 2.25. The van der Waals surface area contributed by atoms with Crippen LogP contribution in [0.1, 0.15) is 19.8 Å². The number of amides is 1. The number of aromatic nitrogens is 4. The second kappa shape index (κ2) is 9.80. The van der Waals surface area contributed by atoms with Gasteiger partial charge >= 0.3 is 0 Å². The highest BCUT2D eigenvalue weighted by Gasteiger charge is 2.27. The van der Waals surface area contributed by atoms with E-state index in [0.29, 0.717) is 30.5 Å².